The first-order valence-electron chi connectivity index (χ1n) is 3.73. The van der Waals surface area contributed by atoms with Gasteiger partial charge in [-0.05, 0) is 24.6 Å². The van der Waals surface area contributed by atoms with E-state index in [1.807, 2.05) is 0 Å². The van der Waals surface area contributed by atoms with E-state index >= 15 is 0 Å². The van der Waals surface area contributed by atoms with E-state index in [2.05, 4.69) is 0 Å². The molecule has 1 aromatic carbocycles. The van der Waals surface area contributed by atoms with E-state index in [0.29, 0.717) is 11.6 Å². The van der Waals surface area contributed by atoms with Crippen LogP contribution in [0.15, 0.2) is 23.0 Å². The standard InChI is InChI=1S/C9H7F3O2/c1-5-2-3-6(9(10,11)12)8(14)7(13)4-5/h2-4H,1H3,(H,13,14). The minimum atomic E-state index is -4.74. The zero-order valence-corrected chi connectivity index (χ0v) is 7.22. The Bertz CT molecular complexity index is 410. The molecular formula is C9H7F3O2. The Hall–Kier alpha value is -1.52. The van der Waals surface area contributed by atoms with Crippen LogP contribution in [0.3, 0.4) is 0 Å². The van der Waals surface area contributed by atoms with Gasteiger partial charge >= 0.3 is 6.18 Å². The molecule has 0 unspecified atom stereocenters. The maximum atomic E-state index is 12.2. The van der Waals surface area contributed by atoms with Crippen molar-refractivity contribution in [2.45, 2.75) is 13.1 Å². The molecule has 0 saturated heterocycles. The Labute approximate surface area is 77.6 Å². The number of halogens is 3. The summed E-state index contributed by atoms with van der Waals surface area (Å²) in [4.78, 5) is 11.0. The first kappa shape index (κ1) is 10.6. The van der Waals surface area contributed by atoms with Crippen LogP contribution in [0.2, 0.25) is 0 Å². The molecule has 0 bridgehead atoms. The zero-order valence-electron chi connectivity index (χ0n) is 7.22. The maximum absolute atomic E-state index is 12.2. The lowest BCUT2D eigenvalue weighted by atomic mass is 10.2. The fourth-order valence-electron chi connectivity index (χ4n) is 0.981. The monoisotopic (exact) mass is 204 g/mol. The smallest absolute Gasteiger partial charge is 0.420 e. The Balaban J connectivity index is 3.57. The minimum Gasteiger partial charge on any atom is -0.504 e. The van der Waals surface area contributed by atoms with Gasteiger partial charge < -0.3 is 5.11 Å². The third kappa shape index (κ3) is 2.04. The molecule has 1 aromatic rings. The highest BCUT2D eigenvalue weighted by Gasteiger charge is 2.33. The van der Waals surface area contributed by atoms with Crippen molar-refractivity contribution in [1.29, 1.82) is 0 Å². The summed E-state index contributed by atoms with van der Waals surface area (Å²) in [6.45, 7) is 1.49. The second-order valence-corrected chi connectivity index (χ2v) is 2.85. The van der Waals surface area contributed by atoms with Crippen LogP contribution in [0.4, 0.5) is 13.2 Å². The summed E-state index contributed by atoms with van der Waals surface area (Å²) in [6.07, 6.45) is -4.74. The van der Waals surface area contributed by atoms with Crippen LogP contribution in [0.1, 0.15) is 11.1 Å². The van der Waals surface area contributed by atoms with Crippen LogP contribution in [-0.4, -0.2) is 5.11 Å². The van der Waals surface area contributed by atoms with Crippen molar-refractivity contribution in [2.75, 3.05) is 0 Å². The molecule has 0 radical (unpaired) electrons. The van der Waals surface area contributed by atoms with Crippen LogP contribution in [0.25, 0.3) is 0 Å². The van der Waals surface area contributed by atoms with E-state index in [0.717, 1.165) is 12.1 Å². The second kappa shape index (κ2) is 3.32. The lowest BCUT2D eigenvalue weighted by Gasteiger charge is -2.01. The van der Waals surface area contributed by atoms with E-state index in [-0.39, 0.29) is 0 Å². The molecule has 0 aliphatic heterocycles. The summed E-state index contributed by atoms with van der Waals surface area (Å²) in [6, 6.07) is 2.79. The Morgan fingerprint density at radius 2 is 1.86 bits per heavy atom. The van der Waals surface area contributed by atoms with Crippen LogP contribution in [0, 0.1) is 6.92 Å². The normalized spacial score (nSPS) is 11.4. The van der Waals surface area contributed by atoms with Gasteiger partial charge in [0.2, 0.25) is 5.43 Å². The molecule has 0 atom stereocenters. The second-order valence-electron chi connectivity index (χ2n) is 2.85. The van der Waals surface area contributed by atoms with Gasteiger partial charge in [0.15, 0.2) is 5.75 Å². The highest BCUT2D eigenvalue weighted by Crippen LogP contribution is 2.27. The molecule has 0 spiro atoms. The van der Waals surface area contributed by atoms with Crippen molar-refractivity contribution >= 4 is 0 Å². The third-order valence-electron chi connectivity index (χ3n) is 1.66. The molecule has 0 saturated carbocycles. The van der Waals surface area contributed by atoms with Crippen molar-refractivity contribution in [2.24, 2.45) is 0 Å². The average Bonchev–Trinajstić information content (AvgIpc) is 2.11. The molecular weight excluding hydrogens is 197 g/mol. The molecule has 0 aliphatic rings. The number of alkyl halides is 3. The lowest BCUT2D eigenvalue weighted by Crippen LogP contribution is -2.16. The van der Waals surface area contributed by atoms with Gasteiger partial charge in [-0.15, -0.1) is 0 Å². The van der Waals surface area contributed by atoms with Crippen LogP contribution in [-0.2, 0) is 6.18 Å². The van der Waals surface area contributed by atoms with Gasteiger partial charge in [0.25, 0.3) is 0 Å². The van der Waals surface area contributed by atoms with Crippen molar-refractivity contribution in [3.8, 4) is 5.75 Å². The summed E-state index contributed by atoms with van der Waals surface area (Å²) < 4.78 is 36.6. The number of aryl methyl sites for hydroxylation is 1. The van der Waals surface area contributed by atoms with Gasteiger partial charge in [0, 0.05) is 0 Å². The fourth-order valence-corrected chi connectivity index (χ4v) is 0.981. The van der Waals surface area contributed by atoms with Gasteiger partial charge in [-0.3, -0.25) is 4.79 Å². The minimum absolute atomic E-state index is 0.384. The van der Waals surface area contributed by atoms with Crippen molar-refractivity contribution in [3.05, 3.63) is 39.5 Å². The third-order valence-corrected chi connectivity index (χ3v) is 1.66. The van der Waals surface area contributed by atoms with Crippen LogP contribution < -0.4 is 5.43 Å². The Kier molecular flexibility index (Phi) is 2.51. The van der Waals surface area contributed by atoms with Crippen molar-refractivity contribution in [3.63, 3.8) is 0 Å². The van der Waals surface area contributed by atoms with Gasteiger partial charge in [-0.2, -0.15) is 13.2 Å². The van der Waals surface area contributed by atoms with Crippen LogP contribution in [0.5, 0.6) is 5.75 Å². The quantitative estimate of drug-likeness (QED) is 0.702. The zero-order chi connectivity index (χ0) is 10.9. The first-order valence-corrected chi connectivity index (χ1v) is 3.73. The molecule has 14 heavy (non-hydrogen) atoms. The number of hydrogen-bond donors (Lipinski definition) is 1. The maximum Gasteiger partial charge on any atom is 0.420 e. The molecule has 0 aromatic heterocycles. The van der Waals surface area contributed by atoms with E-state index < -0.39 is 22.9 Å². The van der Waals surface area contributed by atoms with E-state index in [1.54, 1.807) is 0 Å². The van der Waals surface area contributed by atoms with E-state index in [1.165, 1.54) is 6.92 Å². The molecule has 1 N–H and O–H groups in total. The van der Waals surface area contributed by atoms with Gasteiger partial charge in [0.05, 0.1) is 0 Å². The number of hydrogen-bond acceptors (Lipinski definition) is 2. The molecule has 0 aliphatic carbocycles. The molecule has 0 fully saturated rings. The summed E-state index contributed by atoms with van der Waals surface area (Å²) in [5.74, 6) is -0.889. The van der Waals surface area contributed by atoms with E-state index in [4.69, 9.17) is 5.11 Å². The SMILES string of the molecule is Cc1ccc(C(F)(F)F)c(=O)c(O)c1. The fraction of sp³-hybridized carbons (Fsp3) is 0.222. The van der Waals surface area contributed by atoms with E-state index in [9.17, 15) is 18.0 Å². The molecule has 5 heteroatoms. The van der Waals surface area contributed by atoms with Gasteiger partial charge in [-0.1, -0.05) is 6.07 Å². The molecule has 0 amide bonds. The number of rotatable bonds is 0. The molecule has 76 valence electrons. The Morgan fingerprint density at radius 1 is 1.29 bits per heavy atom. The summed E-state index contributed by atoms with van der Waals surface area (Å²) in [5, 5.41) is 8.99. The van der Waals surface area contributed by atoms with Crippen molar-refractivity contribution < 1.29 is 18.3 Å². The van der Waals surface area contributed by atoms with Crippen LogP contribution >= 0.6 is 0 Å². The number of aromatic hydroxyl groups is 1. The van der Waals surface area contributed by atoms with Crippen molar-refractivity contribution in [1.82, 2.24) is 0 Å². The summed E-state index contributed by atoms with van der Waals surface area (Å²) >= 11 is 0. The van der Waals surface area contributed by atoms with Gasteiger partial charge in [0.1, 0.15) is 5.56 Å². The molecule has 0 heterocycles. The highest BCUT2D eigenvalue weighted by molar-refractivity contribution is 5.31. The molecule has 2 nitrogen and oxygen atoms in total. The topological polar surface area (TPSA) is 37.3 Å². The lowest BCUT2D eigenvalue weighted by molar-refractivity contribution is -0.138. The molecule has 1 rings (SSSR count). The predicted molar refractivity (Wildman–Crippen MR) is 44.1 cm³/mol. The Morgan fingerprint density at radius 3 is 2.36 bits per heavy atom. The van der Waals surface area contributed by atoms with Gasteiger partial charge in [-0.25, -0.2) is 0 Å². The average molecular weight is 204 g/mol. The summed E-state index contributed by atoms with van der Waals surface area (Å²) in [5.41, 5.74) is -2.37. The summed E-state index contributed by atoms with van der Waals surface area (Å²) in [7, 11) is 0. The highest BCUT2D eigenvalue weighted by atomic mass is 19.4. The first-order chi connectivity index (χ1) is 6.32. The largest absolute Gasteiger partial charge is 0.504 e. The predicted octanol–water partition coefficient (Wildman–Crippen LogP) is 2.08.